The minimum Gasteiger partial charge on any atom is -0.497 e. The summed E-state index contributed by atoms with van der Waals surface area (Å²) >= 11 is 0. The zero-order valence-electron chi connectivity index (χ0n) is 12.7. The van der Waals surface area contributed by atoms with Crippen LogP contribution in [-0.2, 0) is 6.42 Å². The summed E-state index contributed by atoms with van der Waals surface area (Å²) in [5.41, 5.74) is 2.24. The van der Waals surface area contributed by atoms with Gasteiger partial charge in [-0.1, -0.05) is 6.92 Å². The molecule has 0 amide bonds. The molecule has 0 bridgehead atoms. The number of methoxy groups -OCH3 is 2. The minimum absolute atomic E-state index is 0.221. The van der Waals surface area contributed by atoms with Gasteiger partial charge in [-0.05, 0) is 31.0 Å². The van der Waals surface area contributed by atoms with Crippen LogP contribution in [0.25, 0.3) is 0 Å². The topological polar surface area (TPSA) is 48.3 Å². The summed E-state index contributed by atoms with van der Waals surface area (Å²) in [5.74, 6) is 2.68. The van der Waals surface area contributed by atoms with Crippen molar-refractivity contribution in [3.8, 4) is 11.5 Å². The van der Waals surface area contributed by atoms with Crippen molar-refractivity contribution in [3.05, 3.63) is 35.7 Å². The molecule has 21 heavy (non-hydrogen) atoms. The summed E-state index contributed by atoms with van der Waals surface area (Å²) in [6, 6.07) is 6.17. The molecular formula is C16H21N3O2. The van der Waals surface area contributed by atoms with Gasteiger partial charge < -0.3 is 19.4 Å². The SMILES string of the molecule is CCc1cn2c(n1)NCCC2c1cc(OC)ccc1OC. The van der Waals surface area contributed by atoms with E-state index in [0.29, 0.717) is 0 Å². The van der Waals surface area contributed by atoms with Gasteiger partial charge in [0, 0.05) is 18.3 Å². The summed E-state index contributed by atoms with van der Waals surface area (Å²) < 4.78 is 13.1. The number of benzene rings is 1. The fraction of sp³-hybridized carbons (Fsp3) is 0.438. The fourth-order valence-corrected chi connectivity index (χ4v) is 2.85. The highest BCUT2D eigenvalue weighted by molar-refractivity contribution is 5.45. The molecule has 0 saturated carbocycles. The van der Waals surface area contributed by atoms with Crippen LogP contribution in [0.5, 0.6) is 11.5 Å². The summed E-state index contributed by atoms with van der Waals surface area (Å²) in [5, 5.41) is 3.36. The van der Waals surface area contributed by atoms with E-state index >= 15 is 0 Å². The maximum Gasteiger partial charge on any atom is 0.203 e. The average molecular weight is 287 g/mol. The molecule has 0 fully saturated rings. The number of aryl methyl sites for hydroxylation is 1. The molecule has 0 spiro atoms. The van der Waals surface area contributed by atoms with E-state index in [9.17, 15) is 0 Å². The van der Waals surface area contributed by atoms with Crippen molar-refractivity contribution in [2.24, 2.45) is 0 Å². The molecule has 1 atom stereocenters. The van der Waals surface area contributed by atoms with E-state index in [1.807, 2.05) is 12.1 Å². The number of nitrogens with zero attached hydrogens (tertiary/aromatic N) is 2. The summed E-state index contributed by atoms with van der Waals surface area (Å²) in [7, 11) is 3.39. The van der Waals surface area contributed by atoms with E-state index in [-0.39, 0.29) is 6.04 Å². The molecule has 1 aliphatic rings. The molecule has 112 valence electrons. The van der Waals surface area contributed by atoms with E-state index in [4.69, 9.17) is 9.47 Å². The van der Waals surface area contributed by atoms with Gasteiger partial charge in [-0.3, -0.25) is 0 Å². The maximum atomic E-state index is 5.54. The molecule has 2 heterocycles. The normalized spacial score (nSPS) is 17.0. The number of nitrogens with one attached hydrogen (secondary N) is 1. The lowest BCUT2D eigenvalue weighted by Crippen LogP contribution is -2.23. The highest BCUT2D eigenvalue weighted by atomic mass is 16.5. The molecule has 0 radical (unpaired) electrons. The van der Waals surface area contributed by atoms with Crippen LogP contribution in [0.2, 0.25) is 0 Å². The van der Waals surface area contributed by atoms with Gasteiger partial charge in [0.05, 0.1) is 26.0 Å². The number of hydrogen-bond acceptors (Lipinski definition) is 4. The van der Waals surface area contributed by atoms with Gasteiger partial charge in [-0.15, -0.1) is 0 Å². The smallest absolute Gasteiger partial charge is 0.203 e. The van der Waals surface area contributed by atoms with Gasteiger partial charge in [0.25, 0.3) is 0 Å². The molecule has 1 aliphatic heterocycles. The lowest BCUT2D eigenvalue weighted by Gasteiger charge is -2.27. The number of ether oxygens (including phenoxy) is 2. The van der Waals surface area contributed by atoms with Crippen LogP contribution < -0.4 is 14.8 Å². The first-order valence-electron chi connectivity index (χ1n) is 7.30. The van der Waals surface area contributed by atoms with Crippen molar-refractivity contribution in [1.82, 2.24) is 9.55 Å². The maximum absolute atomic E-state index is 5.54. The number of imidazole rings is 1. The predicted molar refractivity (Wildman–Crippen MR) is 82.4 cm³/mol. The molecule has 1 unspecified atom stereocenters. The van der Waals surface area contributed by atoms with Crippen LogP contribution in [0.4, 0.5) is 5.95 Å². The minimum atomic E-state index is 0.221. The van der Waals surface area contributed by atoms with E-state index in [0.717, 1.165) is 48.1 Å². The first kappa shape index (κ1) is 13.8. The molecule has 1 aromatic carbocycles. The highest BCUT2D eigenvalue weighted by Gasteiger charge is 2.25. The number of fused-ring (bicyclic) bond motifs is 1. The highest BCUT2D eigenvalue weighted by Crippen LogP contribution is 2.37. The van der Waals surface area contributed by atoms with Crippen LogP contribution in [-0.4, -0.2) is 30.3 Å². The third kappa shape index (κ3) is 2.44. The largest absolute Gasteiger partial charge is 0.497 e. The number of aromatic nitrogens is 2. The Morgan fingerprint density at radius 2 is 2.19 bits per heavy atom. The standard InChI is InChI=1S/C16H21N3O2/c1-4-11-10-19-14(7-8-17-16(19)18-11)13-9-12(20-2)5-6-15(13)21-3/h5-6,9-10,14H,4,7-8H2,1-3H3,(H,17,18). The predicted octanol–water partition coefficient (Wildman–Crippen LogP) is 2.87. The van der Waals surface area contributed by atoms with Gasteiger partial charge in [-0.25, -0.2) is 4.98 Å². The Bertz CT molecular complexity index is 636. The van der Waals surface area contributed by atoms with Crippen molar-refractivity contribution in [1.29, 1.82) is 0 Å². The Morgan fingerprint density at radius 1 is 1.33 bits per heavy atom. The molecule has 0 aliphatic carbocycles. The molecular weight excluding hydrogens is 266 g/mol. The Balaban J connectivity index is 2.07. The first-order valence-corrected chi connectivity index (χ1v) is 7.30. The van der Waals surface area contributed by atoms with Gasteiger partial charge >= 0.3 is 0 Å². The number of hydrogen-bond donors (Lipinski definition) is 1. The van der Waals surface area contributed by atoms with Crippen molar-refractivity contribution >= 4 is 5.95 Å². The average Bonchev–Trinajstić information content (AvgIpc) is 2.97. The second kappa shape index (κ2) is 5.68. The molecule has 3 rings (SSSR count). The molecule has 2 aromatic rings. The molecule has 5 heteroatoms. The van der Waals surface area contributed by atoms with Crippen molar-refractivity contribution < 1.29 is 9.47 Å². The third-order valence-electron chi connectivity index (χ3n) is 3.98. The molecule has 1 aromatic heterocycles. The number of anilines is 1. The van der Waals surface area contributed by atoms with E-state index < -0.39 is 0 Å². The summed E-state index contributed by atoms with van der Waals surface area (Å²) in [6.45, 7) is 3.03. The van der Waals surface area contributed by atoms with E-state index in [2.05, 4.69) is 34.1 Å². The lowest BCUT2D eigenvalue weighted by atomic mass is 10.0. The summed E-state index contributed by atoms with van der Waals surface area (Å²) in [6.07, 6.45) is 4.06. The zero-order valence-corrected chi connectivity index (χ0v) is 12.7. The molecule has 0 saturated heterocycles. The van der Waals surface area contributed by atoms with Gasteiger partial charge in [0.2, 0.25) is 5.95 Å². The van der Waals surface area contributed by atoms with Crippen molar-refractivity contribution in [2.45, 2.75) is 25.8 Å². The van der Waals surface area contributed by atoms with E-state index in [1.165, 1.54) is 0 Å². The van der Waals surface area contributed by atoms with Crippen LogP contribution in [0, 0.1) is 0 Å². The van der Waals surface area contributed by atoms with Gasteiger partial charge in [0.15, 0.2) is 0 Å². The Kier molecular flexibility index (Phi) is 3.73. The van der Waals surface area contributed by atoms with E-state index in [1.54, 1.807) is 14.2 Å². The van der Waals surface area contributed by atoms with Crippen LogP contribution in [0.3, 0.4) is 0 Å². The van der Waals surface area contributed by atoms with Gasteiger partial charge in [-0.2, -0.15) is 0 Å². The molecule has 1 N–H and O–H groups in total. The number of rotatable bonds is 4. The van der Waals surface area contributed by atoms with Crippen LogP contribution in [0.1, 0.15) is 30.6 Å². The fourth-order valence-electron chi connectivity index (χ4n) is 2.85. The Hall–Kier alpha value is -2.17. The van der Waals surface area contributed by atoms with Crippen LogP contribution >= 0.6 is 0 Å². The Morgan fingerprint density at radius 3 is 2.90 bits per heavy atom. The van der Waals surface area contributed by atoms with Crippen molar-refractivity contribution in [3.63, 3.8) is 0 Å². The van der Waals surface area contributed by atoms with Crippen LogP contribution in [0.15, 0.2) is 24.4 Å². The quantitative estimate of drug-likeness (QED) is 0.939. The van der Waals surface area contributed by atoms with Crippen molar-refractivity contribution in [2.75, 3.05) is 26.1 Å². The monoisotopic (exact) mass is 287 g/mol. The summed E-state index contributed by atoms with van der Waals surface area (Å²) in [4.78, 5) is 4.62. The Labute approximate surface area is 124 Å². The first-order chi connectivity index (χ1) is 10.3. The second-order valence-electron chi connectivity index (χ2n) is 5.16. The molecule has 5 nitrogen and oxygen atoms in total. The second-order valence-corrected chi connectivity index (χ2v) is 5.16. The van der Waals surface area contributed by atoms with Gasteiger partial charge in [0.1, 0.15) is 11.5 Å². The lowest BCUT2D eigenvalue weighted by molar-refractivity contribution is 0.388. The third-order valence-corrected chi connectivity index (χ3v) is 3.98. The zero-order chi connectivity index (χ0) is 14.8.